The van der Waals surface area contributed by atoms with E-state index in [4.69, 9.17) is 4.74 Å². The van der Waals surface area contributed by atoms with Gasteiger partial charge in [0.25, 0.3) is 0 Å². The van der Waals surface area contributed by atoms with Crippen molar-refractivity contribution in [3.05, 3.63) is 35.9 Å². The maximum Gasteiger partial charge on any atom is 0.193 e. The number of benzene rings is 1. The van der Waals surface area contributed by atoms with Crippen molar-refractivity contribution >= 4 is 5.96 Å². The number of nitrogens with zero attached hydrogens (tertiary/aromatic N) is 3. The van der Waals surface area contributed by atoms with Gasteiger partial charge < -0.3 is 15.0 Å². The number of aliphatic imine (C=N–C) groups is 1. The molecule has 1 aromatic carbocycles. The Labute approximate surface area is 175 Å². The van der Waals surface area contributed by atoms with Crippen LogP contribution in [0.2, 0.25) is 0 Å². The molecule has 4 fully saturated rings. The van der Waals surface area contributed by atoms with Crippen LogP contribution in [0.25, 0.3) is 0 Å². The highest BCUT2D eigenvalue weighted by Gasteiger charge is 2.42. The molecule has 2 saturated carbocycles. The van der Waals surface area contributed by atoms with Crippen molar-refractivity contribution in [3.8, 4) is 0 Å². The zero-order valence-corrected chi connectivity index (χ0v) is 17.8. The zero-order chi connectivity index (χ0) is 19.6. The average Bonchev–Trinajstić information content (AvgIpc) is 3.52. The molecule has 5 unspecified atom stereocenters. The van der Waals surface area contributed by atoms with Crippen molar-refractivity contribution in [2.24, 2.45) is 22.7 Å². The second-order valence-electron chi connectivity index (χ2n) is 9.44. The number of piperazine rings is 1. The van der Waals surface area contributed by atoms with Crippen LogP contribution in [0.15, 0.2) is 35.3 Å². The van der Waals surface area contributed by atoms with Crippen LogP contribution in [0.1, 0.15) is 43.8 Å². The van der Waals surface area contributed by atoms with E-state index in [-0.39, 0.29) is 6.10 Å². The lowest BCUT2D eigenvalue weighted by molar-refractivity contribution is 0.0893. The van der Waals surface area contributed by atoms with Gasteiger partial charge in [-0.1, -0.05) is 36.8 Å². The molecular weight excluding hydrogens is 360 g/mol. The fourth-order valence-corrected chi connectivity index (χ4v) is 6.33. The van der Waals surface area contributed by atoms with Crippen LogP contribution in [0.5, 0.6) is 0 Å². The maximum atomic E-state index is 6.06. The van der Waals surface area contributed by atoms with Gasteiger partial charge in [-0.05, 0) is 43.1 Å². The monoisotopic (exact) mass is 396 g/mol. The van der Waals surface area contributed by atoms with Gasteiger partial charge in [0.1, 0.15) is 0 Å². The molecule has 0 aromatic heterocycles. The Morgan fingerprint density at radius 3 is 2.59 bits per heavy atom. The molecule has 2 heterocycles. The zero-order valence-electron chi connectivity index (χ0n) is 17.8. The molecular formula is C24H36N4O. The Hall–Kier alpha value is -1.59. The summed E-state index contributed by atoms with van der Waals surface area (Å²) in [6.07, 6.45) is 7.25. The molecule has 29 heavy (non-hydrogen) atoms. The van der Waals surface area contributed by atoms with E-state index in [1.54, 1.807) is 0 Å². The number of ether oxygens (including phenoxy) is 1. The smallest absolute Gasteiger partial charge is 0.193 e. The second kappa shape index (κ2) is 8.65. The SMILES string of the molecule is CN=C(NCC1CCOC1c1ccccc1)N1CCN(C2CC3CCC2C3)CC1. The third kappa shape index (κ3) is 4.04. The van der Waals surface area contributed by atoms with Crippen molar-refractivity contribution in [1.29, 1.82) is 0 Å². The van der Waals surface area contributed by atoms with E-state index >= 15 is 0 Å². The first-order chi connectivity index (χ1) is 14.3. The van der Waals surface area contributed by atoms with Crippen LogP contribution >= 0.6 is 0 Å². The highest BCUT2D eigenvalue weighted by atomic mass is 16.5. The van der Waals surface area contributed by atoms with Gasteiger partial charge in [0.15, 0.2) is 5.96 Å². The van der Waals surface area contributed by atoms with Crippen molar-refractivity contribution < 1.29 is 4.74 Å². The van der Waals surface area contributed by atoms with E-state index in [0.717, 1.165) is 56.5 Å². The van der Waals surface area contributed by atoms with Crippen molar-refractivity contribution in [3.63, 3.8) is 0 Å². The van der Waals surface area contributed by atoms with Gasteiger partial charge in [-0.25, -0.2) is 0 Å². The summed E-state index contributed by atoms with van der Waals surface area (Å²) < 4.78 is 6.06. The lowest BCUT2D eigenvalue weighted by atomic mass is 9.93. The minimum absolute atomic E-state index is 0.205. The Morgan fingerprint density at radius 2 is 1.90 bits per heavy atom. The highest BCUT2D eigenvalue weighted by molar-refractivity contribution is 5.80. The topological polar surface area (TPSA) is 40.1 Å². The minimum Gasteiger partial charge on any atom is -0.373 e. The molecule has 0 radical (unpaired) electrons. The Bertz CT molecular complexity index is 700. The Balaban J connectivity index is 1.13. The van der Waals surface area contributed by atoms with Gasteiger partial charge in [-0.15, -0.1) is 0 Å². The molecule has 2 aliphatic heterocycles. The van der Waals surface area contributed by atoms with Crippen LogP contribution in [-0.2, 0) is 4.74 Å². The quantitative estimate of drug-likeness (QED) is 0.627. The second-order valence-corrected chi connectivity index (χ2v) is 9.44. The van der Waals surface area contributed by atoms with E-state index in [1.165, 1.54) is 44.3 Å². The molecule has 1 aromatic rings. The molecule has 0 amide bonds. The standard InChI is InChI=1S/C24H36N4O/c1-25-24(26-17-21-9-14-29-23(21)19-5-3-2-4-6-19)28-12-10-27(11-13-28)22-16-18-7-8-20(22)15-18/h2-6,18,20-23H,7-17H2,1H3,(H,25,26). The fourth-order valence-electron chi connectivity index (χ4n) is 6.33. The molecule has 5 rings (SSSR count). The van der Waals surface area contributed by atoms with Crippen LogP contribution in [0, 0.1) is 17.8 Å². The summed E-state index contributed by atoms with van der Waals surface area (Å²) in [5.41, 5.74) is 1.30. The summed E-state index contributed by atoms with van der Waals surface area (Å²) in [6, 6.07) is 11.5. The molecule has 5 atom stereocenters. The number of guanidine groups is 1. The summed E-state index contributed by atoms with van der Waals surface area (Å²) in [5.74, 6) is 3.59. The van der Waals surface area contributed by atoms with E-state index in [2.05, 4.69) is 50.4 Å². The lowest BCUT2D eigenvalue weighted by Crippen LogP contribution is -2.55. The molecule has 5 nitrogen and oxygen atoms in total. The number of nitrogens with one attached hydrogen (secondary N) is 1. The lowest BCUT2D eigenvalue weighted by Gasteiger charge is -2.42. The third-order valence-electron chi connectivity index (χ3n) is 7.86. The van der Waals surface area contributed by atoms with Gasteiger partial charge in [0.05, 0.1) is 6.10 Å². The predicted octanol–water partition coefficient (Wildman–Crippen LogP) is 3.15. The van der Waals surface area contributed by atoms with E-state index in [9.17, 15) is 0 Å². The normalized spacial score (nSPS) is 35.4. The van der Waals surface area contributed by atoms with Crippen molar-refractivity contribution in [2.45, 2.75) is 44.2 Å². The first-order valence-corrected chi connectivity index (χ1v) is 11.7. The molecule has 1 N–H and O–H groups in total. The Morgan fingerprint density at radius 1 is 1.07 bits per heavy atom. The summed E-state index contributed by atoms with van der Waals surface area (Å²) in [4.78, 5) is 9.84. The number of rotatable bonds is 4. The van der Waals surface area contributed by atoms with Gasteiger partial charge in [-0.2, -0.15) is 0 Å². The summed E-state index contributed by atoms with van der Waals surface area (Å²) >= 11 is 0. The third-order valence-corrected chi connectivity index (χ3v) is 7.86. The van der Waals surface area contributed by atoms with Crippen molar-refractivity contribution in [1.82, 2.24) is 15.1 Å². The fraction of sp³-hybridized carbons (Fsp3) is 0.708. The van der Waals surface area contributed by atoms with Gasteiger partial charge in [0.2, 0.25) is 0 Å². The average molecular weight is 397 g/mol. The number of fused-ring (bicyclic) bond motifs is 2. The molecule has 5 heteroatoms. The van der Waals surface area contributed by atoms with E-state index in [1.807, 2.05) is 7.05 Å². The predicted molar refractivity (Wildman–Crippen MR) is 117 cm³/mol. The first-order valence-electron chi connectivity index (χ1n) is 11.7. The van der Waals surface area contributed by atoms with Crippen LogP contribution in [0.4, 0.5) is 0 Å². The minimum atomic E-state index is 0.205. The van der Waals surface area contributed by atoms with Crippen LogP contribution in [0.3, 0.4) is 0 Å². The van der Waals surface area contributed by atoms with Crippen molar-refractivity contribution in [2.75, 3.05) is 46.4 Å². The molecule has 2 bridgehead atoms. The largest absolute Gasteiger partial charge is 0.373 e. The number of hydrogen-bond acceptors (Lipinski definition) is 3. The maximum absolute atomic E-state index is 6.06. The van der Waals surface area contributed by atoms with Gasteiger partial charge in [0, 0.05) is 58.3 Å². The molecule has 2 saturated heterocycles. The highest BCUT2D eigenvalue weighted by Crippen LogP contribution is 2.46. The summed E-state index contributed by atoms with van der Waals surface area (Å²) in [7, 11) is 1.92. The molecule has 0 spiro atoms. The first kappa shape index (κ1) is 19.4. The summed E-state index contributed by atoms with van der Waals surface area (Å²) in [6.45, 7) is 6.35. The van der Waals surface area contributed by atoms with Gasteiger partial charge in [-0.3, -0.25) is 9.89 Å². The van der Waals surface area contributed by atoms with Gasteiger partial charge >= 0.3 is 0 Å². The van der Waals surface area contributed by atoms with E-state index < -0.39 is 0 Å². The molecule has 4 aliphatic rings. The summed E-state index contributed by atoms with van der Waals surface area (Å²) in [5, 5.41) is 3.67. The molecule has 158 valence electrons. The van der Waals surface area contributed by atoms with Crippen LogP contribution < -0.4 is 5.32 Å². The molecule has 2 aliphatic carbocycles. The van der Waals surface area contributed by atoms with Crippen LogP contribution in [-0.4, -0.2) is 68.2 Å². The van der Waals surface area contributed by atoms with E-state index in [0.29, 0.717) is 5.92 Å². The Kier molecular flexibility index (Phi) is 5.78. The number of hydrogen-bond donors (Lipinski definition) is 1.